The molecule has 3 rings (SSSR count). The van der Waals surface area contributed by atoms with Crippen molar-refractivity contribution in [2.24, 2.45) is 23.1 Å². The van der Waals surface area contributed by atoms with Crippen LogP contribution in [0.3, 0.4) is 0 Å². The Kier molecular flexibility index (Phi) is 34.6. The fourth-order valence-electron chi connectivity index (χ4n) is 9.17. The van der Waals surface area contributed by atoms with Crippen molar-refractivity contribution in [3.8, 4) is 5.75 Å². The van der Waals surface area contributed by atoms with Crippen molar-refractivity contribution in [2.45, 2.75) is 170 Å². The van der Waals surface area contributed by atoms with Crippen LogP contribution in [0.25, 0.3) is 0 Å². The molecule has 0 spiro atoms. The smallest absolute Gasteiger partial charge is 0.326 e. The van der Waals surface area contributed by atoms with E-state index in [-0.39, 0.29) is 44.4 Å². The molecule has 22 N–H and O–H groups in total. The monoisotopic (exact) mass is 1390 g/mol. The molecule has 0 unspecified atom stereocenters. The highest BCUT2D eigenvalue weighted by atomic mass is 33.1. The van der Waals surface area contributed by atoms with Crippen LogP contribution in [0, 0.1) is 5.92 Å². The maximum atomic E-state index is 14.5. The molecule has 0 aromatic heterocycles. The van der Waals surface area contributed by atoms with Crippen molar-refractivity contribution in [1.82, 2.24) is 53.2 Å². The Morgan fingerprint density at radius 3 is 1.44 bits per heavy atom. The van der Waals surface area contributed by atoms with E-state index in [1.165, 1.54) is 38.1 Å². The van der Waals surface area contributed by atoms with Gasteiger partial charge in [-0.1, -0.05) is 77.9 Å². The molecule has 11 atom stereocenters. The molecular formula is C59H83N13O22S2. The van der Waals surface area contributed by atoms with E-state index in [0.717, 1.165) is 21.6 Å². The molecule has 96 heavy (non-hydrogen) atoms. The predicted octanol–water partition coefficient (Wildman–Crippen LogP) is -4.05. The number of benzene rings is 2. The summed E-state index contributed by atoms with van der Waals surface area (Å²) in [6.07, 6.45) is -7.68. The zero-order valence-corrected chi connectivity index (χ0v) is 54.0. The number of phenols is 1. The number of aromatic hydroxyl groups is 1. The molecule has 0 aliphatic carbocycles. The highest BCUT2D eigenvalue weighted by Crippen LogP contribution is 2.24. The summed E-state index contributed by atoms with van der Waals surface area (Å²) in [6, 6.07) is -6.22. The molecule has 2 aromatic rings. The van der Waals surface area contributed by atoms with Crippen molar-refractivity contribution in [3.05, 3.63) is 65.7 Å². The maximum absolute atomic E-state index is 14.5. The van der Waals surface area contributed by atoms with Crippen LogP contribution in [-0.4, -0.2) is 210 Å². The van der Waals surface area contributed by atoms with Crippen LogP contribution in [0.4, 0.5) is 0 Å². The lowest BCUT2D eigenvalue weighted by atomic mass is 10.0. The van der Waals surface area contributed by atoms with Crippen molar-refractivity contribution in [2.75, 3.05) is 18.1 Å². The first-order valence-corrected chi connectivity index (χ1v) is 32.7. The van der Waals surface area contributed by atoms with E-state index in [9.17, 15) is 107 Å². The molecule has 37 heteroatoms. The zero-order chi connectivity index (χ0) is 71.8. The first-order chi connectivity index (χ1) is 45.3. The number of hydrogen-bond donors (Lipinski definition) is 19. The van der Waals surface area contributed by atoms with Crippen LogP contribution < -0.4 is 70.4 Å². The van der Waals surface area contributed by atoms with Gasteiger partial charge in [0.05, 0.1) is 12.5 Å². The van der Waals surface area contributed by atoms with Crippen molar-refractivity contribution >= 4 is 116 Å². The van der Waals surface area contributed by atoms with Gasteiger partial charge in [-0.25, -0.2) is 4.79 Å². The van der Waals surface area contributed by atoms with Gasteiger partial charge in [0, 0.05) is 43.6 Å². The first kappa shape index (κ1) is 80.6. The molecule has 1 heterocycles. The molecule has 0 bridgehead atoms. The number of rotatable bonds is 28. The highest BCUT2D eigenvalue weighted by Gasteiger charge is 2.38. The van der Waals surface area contributed by atoms with Gasteiger partial charge in [-0.2, -0.15) is 0 Å². The fraction of sp³-hybridized carbons (Fsp3) is 0.525. The van der Waals surface area contributed by atoms with E-state index >= 15 is 0 Å². The number of carboxylic acid groups (broad SMARTS) is 5. The van der Waals surface area contributed by atoms with E-state index in [4.69, 9.17) is 17.2 Å². The van der Waals surface area contributed by atoms with Crippen LogP contribution in [0.1, 0.15) is 102 Å². The third kappa shape index (κ3) is 29.8. The third-order valence-electron chi connectivity index (χ3n) is 14.4. The second-order valence-electron chi connectivity index (χ2n) is 22.5. The summed E-state index contributed by atoms with van der Waals surface area (Å²) in [7, 11) is 1.46. The number of aliphatic carboxylic acids is 5. The molecule has 0 saturated carbocycles. The average molecular weight is 1390 g/mol. The van der Waals surface area contributed by atoms with Gasteiger partial charge in [0.1, 0.15) is 66.2 Å². The molecule has 2 aromatic carbocycles. The average Bonchev–Trinajstić information content (AvgIpc) is 0.910. The summed E-state index contributed by atoms with van der Waals surface area (Å²) in [4.78, 5) is 216. The Morgan fingerprint density at radius 2 is 0.958 bits per heavy atom. The Bertz CT molecular complexity index is 3090. The largest absolute Gasteiger partial charge is 0.508 e. The summed E-state index contributed by atoms with van der Waals surface area (Å²) in [5.74, 6) is -23.2. The predicted molar refractivity (Wildman–Crippen MR) is 341 cm³/mol. The molecule has 1 saturated heterocycles. The minimum absolute atomic E-state index is 0.0491. The lowest BCUT2D eigenvalue weighted by Crippen LogP contribution is -2.61. The van der Waals surface area contributed by atoms with Gasteiger partial charge in [-0.15, -0.1) is 0 Å². The maximum Gasteiger partial charge on any atom is 0.326 e. The van der Waals surface area contributed by atoms with Gasteiger partial charge >= 0.3 is 29.8 Å². The number of amides is 11. The standard InChI is InChI=1S/C59H83N13O22S2/c1-29(2)48-58(92)67-37(17-21-45(77)78)52(86)68-39(26-47(81)82)55(89)65-35(15-19-43(62)74)51(85)63-34(10-6-7-23-60)50(84)64-36(16-20-44(75)76)53(87)71-42(57(91)69-40(59(93)94)25-31-11-13-32(73)14-12-31)28-96-95-27-41(56(90)66-38(54(88)72-48)18-22-46(79)80)70-49(83)33(61)24-30-8-4-3-5-9-30/h3-5,8-9,11-14,29,33-42,48,73H,6-7,10,15-28,60-61H2,1-2H3,(H2,62,74)(H,63,85)(H,64,84)(H,65,89)(H,66,90)(H,67,92)(H,68,86)(H,69,91)(H,70,83)(H,71,87)(H,72,88)(H,75,76)(H,77,78)(H,79,80)(H,81,82)(H,93,94)/t33-,34-,35-,36-,37-,38-,39+,40-,41-,42-,48-/m0/s1. The van der Waals surface area contributed by atoms with E-state index in [0.29, 0.717) is 11.1 Å². The lowest BCUT2D eigenvalue weighted by Gasteiger charge is -2.29. The Balaban J connectivity index is 2.34. The number of phenolic OH excluding ortho intramolecular Hbond substituents is 1. The van der Waals surface area contributed by atoms with Gasteiger partial charge in [0.2, 0.25) is 65.0 Å². The normalized spacial score (nSPS) is 22.3. The summed E-state index contributed by atoms with van der Waals surface area (Å²) in [5.41, 5.74) is 18.3. The molecule has 11 amide bonds. The van der Waals surface area contributed by atoms with Crippen LogP contribution in [0.15, 0.2) is 54.6 Å². The van der Waals surface area contributed by atoms with Crippen molar-refractivity contribution in [3.63, 3.8) is 0 Å². The van der Waals surface area contributed by atoms with E-state index in [2.05, 4.69) is 53.2 Å². The van der Waals surface area contributed by atoms with Crippen LogP contribution in [0.5, 0.6) is 5.75 Å². The van der Waals surface area contributed by atoms with E-state index < -0.39 is 236 Å². The molecule has 35 nitrogen and oxygen atoms in total. The second-order valence-corrected chi connectivity index (χ2v) is 25.1. The van der Waals surface area contributed by atoms with Gasteiger partial charge in [-0.3, -0.25) is 71.9 Å². The summed E-state index contributed by atoms with van der Waals surface area (Å²) in [6.45, 7) is 2.85. The number of nitrogens with one attached hydrogen (secondary N) is 10. The fourth-order valence-corrected chi connectivity index (χ4v) is 11.5. The zero-order valence-electron chi connectivity index (χ0n) is 52.4. The van der Waals surface area contributed by atoms with Gasteiger partial charge < -0.3 is 101 Å². The minimum atomic E-state index is -2.18. The molecule has 1 aliphatic rings. The van der Waals surface area contributed by atoms with E-state index in [1.54, 1.807) is 30.3 Å². The van der Waals surface area contributed by atoms with Gasteiger partial charge in [0.25, 0.3) is 0 Å². The Labute approximate surface area is 557 Å². The number of carbonyl (C=O) groups is 16. The minimum Gasteiger partial charge on any atom is -0.508 e. The van der Waals surface area contributed by atoms with Crippen LogP contribution in [-0.2, 0) is 89.6 Å². The van der Waals surface area contributed by atoms with Crippen molar-refractivity contribution in [1.29, 1.82) is 0 Å². The number of nitrogens with two attached hydrogens (primary N) is 3. The number of unbranched alkanes of at least 4 members (excludes halogenated alkanes) is 1. The Hall–Kier alpha value is -9.62. The number of hydrogen-bond acceptors (Lipinski definition) is 21. The van der Waals surface area contributed by atoms with Crippen LogP contribution >= 0.6 is 21.6 Å². The Morgan fingerprint density at radius 1 is 0.521 bits per heavy atom. The van der Waals surface area contributed by atoms with E-state index in [1.807, 2.05) is 0 Å². The lowest BCUT2D eigenvalue weighted by molar-refractivity contribution is -0.142. The molecule has 528 valence electrons. The number of carbonyl (C=O) groups excluding carboxylic acids is 11. The number of primary amides is 1. The molecule has 0 radical (unpaired) electrons. The summed E-state index contributed by atoms with van der Waals surface area (Å²) < 4.78 is 0. The van der Waals surface area contributed by atoms with Gasteiger partial charge in [-0.05, 0) is 87.1 Å². The van der Waals surface area contributed by atoms with Crippen molar-refractivity contribution < 1.29 is 107 Å². The van der Waals surface area contributed by atoms with Gasteiger partial charge in [0.15, 0.2) is 0 Å². The van der Waals surface area contributed by atoms with Crippen LogP contribution in [0.2, 0.25) is 0 Å². The second kappa shape index (κ2) is 41.3. The first-order valence-electron chi connectivity index (χ1n) is 30.2. The molecule has 1 aliphatic heterocycles. The summed E-state index contributed by atoms with van der Waals surface area (Å²) in [5, 5.41) is 82.5. The number of carboxylic acids is 5. The quantitative estimate of drug-likeness (QED) is 0.0285. The highest BCUT2D eigenvalue weighted by molar-refractivity contribution is 8.76. The topological polar surface area (TPSA) is 593 Å². The SMILES string of the molecule is CC(C)[C@@H]1NC(=O)[C@H](CCC(=O)O)NC(=O)[C@@H](NC(=O)[C@@H](N)Cc2ccccc2)CSSC[C@@H](C(=O)N[C@@H](Cc2ccc(O)cc2)C(=O)O)NC(=O)[C@H](CCC(=O)O)NC(=O)[C@H](CCCCN)NC(=O)[C@H](CCC(N)=O)NC(=O)[C@@H](CC(=O)O)NC(=O)[C@H](CCC(=O)O)NC1=O. The molecule has 1 fully saturated rings. The third-order valence-corrected chi connectivity index (χ3v) is 16.9. The molecular weight excluding hydrogens is 1310 g/mol. The summed E-state index contributed by atoms with van der Waals surface area (Å²) >= 11 is 0.